The molecule has 6 heteroatoms. The summed E-state index contributed by atoms with van der Waals surface area (Å²) in [5, 5.41) is 6.64. The molecule has 2 rings (SSSR count). The van der Waals surface area contributed by atoms with Gasteiger partial charge in [-0.3, -0.25) is 4.79 Å². The monoisotopic (exact) mass is 192 g/mol. The molecule has 2 N–H and O–H groups in total. The van der Waals surface area contributed by atoms with E-state index in [1.807, 2.05) is 0 Å². The summed E-state index contributed by atoms with van der Waals surface area (Å²) in [4.78, 5) is 17.2. The molecular weight excluding hydrogens is 184 g/mol. The number of H-pyrrole nitrogens is 1. The van der Waals surface area contributed by atoms with E-state index >= 15 is 0 Å². The Morgan fingerprint density at radius 3 is 3.21 bits per heavy atom. The molecule has 2 heterocycles. The molecule has 2 aromatic rings. The van der Waals surface area contributed by atoms with Gasteiger partial charge in [0.2, 0.25) is 0 Å². The van der Waals surface area contributed by atoms with Crippen molar-refractivity contribution in [1.29, 1.82) is 0 Å². The average molecular weight is 192 g/mol. The van der Waals surface area contributed by atoms with Crippen molar-refractivity contribution in [1.82, 2.24) is 15.1 Å². The first-order valence-corrected chi connectivity index (χ1v) is 4.02. The maximum absolute atomic E-state index is 10.9. The largest absolute Gasteiger partial charge is 0.364 e. The van der Waals surface area contributed by atoms with E-state index in [2.05, 4.69) is 25.0 Å². The van der Waals surface area contributed by atoms with Gasteiger partial charge in [-0.25, -0.2) is 4.98 Å². The molecule has 0 aliphatic carbocycles. The third kappa shape index (κ3) is 1.98. The van der Waals surface area contributed by atoms with E-state index in [4.69, 9.17) is 0 Å². The van der Waals surface area contributed by atoms with Crippen LogP contribution in [0.15, 0.2) is 34.0 Å². The van der Waals surface area contributed by atoms with Crippen molar-refractivity contribution in [3.8, 4) is 0 Å². The zero-order chi connectivity index (χ0) is 9.80. The smallest absolute Gasteiger partial charge is 0.252 e. The van der Waals surface area contributed by atoms with Gasteiger partial charge in [0.05, 0.1) is 12.9 Å². The molecule has 0 radical (unpaired) electrons. The van der Waals surface area contributed by atoms with Gasteiger partial charge >= 0.3 is 0 Å². The van der Waals surface area contributed by atoms with E-state index < -0.39 is 0 Å². The minimum absolute atomic E-state index is 0.192. The summed E-state index contributed by atoms with van der Waals surface area (Å²) in [6, 6.07) is 3.11. The van der Waals surface area contributed by atoms with E-state index in [9.17, 15) is 4.79 Å². The van der Waals surface area contributed by atoms with Gasteiger partial charge in [-0.15, -0.1) is 0 Å². The standard InChI is InChI=1S/C8H8N4O2/c13-8-3-7(10-5-11-8)9-4-6-1-2-14-12-6/h1-3,5H,4H2,(H2,9,10,11,13). The van der Waals surface area contributed by atoms with Crippen LogP contribution in [0.5, 0.6) is 0 Å². The van der Waals surface area contributed by atoms with Crippen LogP contribution in [0.1, 0.15) is 5.69 Å². The fraction of sp³-hybridized carbons (Fsp3) is 0.125. The van der Waals surface area contributed by atoms with Gasteiger partial charge in [0.25, 0.3) is 5.56 Å². The third-order valence-corrected chi connectivity index (χ3v) is 1.62. The van der Waals surface area contributed by atoms with Crippen molar-refractivity contribution in [2.45, 2.75) is 6.54 Å². The van der Waals surface area contributed by atoms with Gasteiger partial charge in [-0.1, -0.05) is 5.16 Å². The van der Waals surface area contributed by atoms with Crippen LogP contribution in [0.2, 0.25) is 0 Å². The van der Waals surface area contributed by atoms with E-state index in [1.165, 1.54) is 18.7 Å². The average Bonchev–Trinajstić information content (AvgIpc) is 2.67. The third-order valence-electron chi connectivity index (χ3n) is 1.62. The van der Waals surface area contributed by atoms with Gasteiger partial charge in [0.15, 0.2) is 0 Å². The molecule has 0 bridgehead atoms. The fourth-order valence-corrected chi connectivity index (χ4v) is 0.975. The second kappa shape index (κ2) is 3.73. The van der Waals surface area contributed by atoms with Crippen LogP contribution in [0, 0.1) is 0 Å². The van der Waals surface area contributed by atoms with Gasteiger partial charge in [0, 0.05) is 12.1 Å². The fourth-order valence-electron chi connectivity index (χ4n) is 0.975. The first-order valence-electron chi connectivity index (χ1n) is 4.02. The van der Waals surface area contributed by atoms with Crippen LogP contribution in [-0.2, 0) is 6.54 Å². The predicted molar refractivity (Wildman–Crippen MR) is 48.7 cm³/mol. The van der Waals surface area contributed by atoms with Gasteiger partial charge in [-0.05, 0) is 0 Å². The van der Waals surface area contributed by atoms with Crippen molar-refractivity contribution in [3.63, 3.8) is 0 Å². The zero-order valence-corrected chi connectivity index (χ0v) is 7.23. The van der Waals surface area contributed by atoms with E-state index in [0.717, 1.165) is 5.69 Å². The highest BCUT2D eigenvalue weighted by Crippen LogP contribution is 2.00. The second-order valence-electron chi connectivity index (χ2n) is 2.64. The molecule has 14 heavy (non-hydrogen) atoms. The number of nitrogens with zero attached hydrogens (tertiary/aromatic N) is 2. The maximum atomic E-state index is 10.9. The van der Waals surface area contributed by atoms with Crippen LogP contribution in [-0.4, -0.2) is 15.1 Å². The molecule has 0 saturated heterocycles. The summed E-state index contributed by atoms with van der Waals surface area (Å²) in [6.45, 7) is 0.479. The van der Waals surface area contributed by atoms with Crippen molar-refractivity contribution in [3.05, 3.63) is 40.8 Å². The molecule has 72 valence electrons. The molecule has 0 saturated carbocycles. The molecule has 0 amide bonds. The highest BCUT2D eigenvalue weighted by molar-refractivity contribution is 5.31. The van der Waals surface area contributed by atoms with Gasteiger partial charge < -0.3 is 14.8 Å². The second-order valence-corrected chi connectivity index (χ2v) is 2.64. The number of hydrogen-bond acceptors (Lipinski definition) is 5. The Balaban J connectivity index is 2.02. The van der Waals surface area contributed by atoms with E-state index in [1.54, 1.807) is 6.07 Å². The van der Waals surface area contributed by atoms with E-state index in [-0.39, 0.29) is 5.56 Å². The maximum Gasteiger partial charge on any atom is 0.252 e. The number of rotatable bonds is 3. The lowest BCUT2D eigenvalue weighted by molar-refractivity contribution is 0.412. The molecule has 0 aromatic carbocycles. The first-order chi connectivity index (χ1) is 6.84. The van der Waals surface area contributed by atoms with Crippen molar-refractivity contribution < 1.29 is 4.52 Å². The quantitative estimate of drug-likeness (QED) is 0.734. The molecule has 2 aromatic heterocycles. The molecule has 0 unspecified atom stereocenters. The minimum Gasteiger partial charge on any atom is -0.364 e. The Labute approximate surface area is 79.0 Å². The van der Waals surface area contributed by atoms with Crippen molar-refractivity contribution >= 4 is 5.82 Å². The van der Waals surface area contributed by atoms with Crippen molar-refractivity contribution in [2.24, 2.45) is 0 Å². The molecule has 6 nitrogen and oxygen atoms in total. The van der Waals surface area contributed by atoms with Crippen LogP contribution >= 0.6 is 0 Å². The Hall–Kier alpha value is -2.11. The number of anilines is 1. The summed E-state index contributed by atoms with van der Waals surface area (Å²) in [6.07, 6.45) is 2.83. The summed E-state index contributed by atoms with van der Waals surface area (Å²) in [7, 11) is 0. The highest BCUT2D eigenvalue weighted by Gasteiger charge is 1.97. The lowest BCUT2D eigenvalue weighted by atomic mass is 10.4. The van der Waals surface area contributed by atoms with Crippen LogP contribution < -0.4 is 10.9 Å². The number of nitrogens with one attached hydrogen (secondary N) is 2. The van der Waals surface area contributed by atoms with Crippen LogP contribution in [0.25, 0.3) is 0 Å². The molecule has 0 aliphatic heterocycles. The Bertz CT molecular complexity index is 448. The highest BCUT2D eigenvalue weighted by atomic mass is 16.5. The number of aromatic amines is 1. The summed E-state index contributed by atoms with van der Waals surface area (Å²) in [5.74, 6) is 0.511. The lowest BCUT2D eigenvalue weighted by Gasteiger charge is -2.00. The summed E-state index contributed by atoms with van der Waals surface area (Å²) in [5.41, 5.74) is 0.565. The molecule has 0 atom stereocenters. The first kappa shape index (κ1) is 8.49. The number of aromatic nitrogens is 3. The molecule has 0 fully saturated rings. The molecular formula is C8H8N4O2. The SMILES string of the molecule is O=c1cc(NCc2ccon2)nc[nH]1. The van der Waals surface area contributed by atoms with Gasteiger partial charge in [0.1, 0.15) is 17.8 Å². The molecule has 0 spiro atoms. The zero-order valence-electron chi connectivity index (χ0n) is 7.23. The predicted octanol–water partition coefficient (Wildman–Crippen LogP) is 0.370. The normalized spacial score (nSPS) is 10.0. The lowest BCUT2D eigenvalue weighted by Crippen LogP contribution is -2.08. The Kier molecular flexibility index (Phi) is 2.26. The van der Waals surface area contributed by atoms with E-state index in [0.29, 0.717) is 12.4 Å². The summed E-state index contributed by atoms with van der Waals surface area (Å²) >= 11 is 0. The van der Waals surface area contributed by atoms with Crippen molar-refractivity contribution in [2.75, 3.05) is 5.32 Å². The van der Waals surface area contributed by atoms with Crippen LogP contribution in [0.4, 0.5) is 5.82 Å². The number of hydrogen-bond donors (Lipinski definition) is 2. The molecule has 0 aliphatic rings. The Morgan fingerprint density at radius 1 is 1.57 bits per heavy atom. The summed E-state index contributed by atoms with van der Waals surface area (Å²) < 4.78 is 4.65. The van der Waals surface area contributed by atoms with Gasteiger partial charge in [-0.2, -0.15) is 0 Å². The van der Waals surface area contributed by atoms with Crippen LogP contribution in [0.3, 0.4) is 0 Å². The Morgan fingerprint density at radius 2 is 2.50 bits per heavy atom. The minimum atomic E-state index is -0.192. The topological polar surface area (TPSA) is 83.8 Å².